The minimum absolute atomic E-state index is 0.0951. The van der Waals surface area contributed by atoms with E-state index < -0.39 is 18.3 Å². The Hall–Kier alpha value is -1.57. The summed E-state index contributed by atoms with van der Waals surface area (Å²) in [6.45, 7) is -0.420. The second-order valence-electron chi connectivity index (χ2n) is 4.21. The predicted octanol–water partition coefficient (Wildman–Crippen LogP) is 1.02. The molecular formula is C10H13F3N4O. The van der Waals surface area contributed by atoms with Crippen LogP contribution in [-0.2, 0) is 0 Å². The molecule has 8 heteroatoms. The Balaban J connectivity index is 2.18. The van der Waals surface area contributed by atoms with Crippen LogP contribution in [0.2, 0.25) is 0 Å². The quantitative estimate of drug-likeness (QED) is 0.833. The minimum atomic E-state index is -4.63. The number of β-amino-alcohol motifs (C(OH)–C–C–N with tert-alkyl or cyclic N) is 1. The summed E-state index contributed by atoms with van der Waals surface area (Å²) in [6, 6.07) is 0. The van der Waals surface area contributed by atoms with Crippen LogP contribution in [0.4, 0.5) is 24.8 Å². The number of anilines is 2. The summed E-state index contributed by atoms with van der Waals surface area (Å²) in [5, 5.41) is 12.3. The van der Waals surface area contributed by atoms with Gasteiger partial charge in [0.1, 0.15) is 11.6 Å². The van der Waals surface area contributed by atoms with Crippen molar-refractivity contribution in [1.82, 2.24) is 9.97 Å². The lowest BCUT2D eigenvalue weighted by atomic mass is 10.0. The van der Waals surface area contributed by atoms with Crippen LogP contribution in [-0.4, -0.2) is 47.0 Å². The van der Waals surface area contributed by atoms with E-state index in [1.165, 1.54) is 17.3 Å². The van der Waals surface area contributed by atoms with Gasteiger partial charge in [0, 0.05) is 20.0 Å². The van der Waals surface area contributed by atoms with E-state index in [-0.39, 0.29) is 13.0 Å². The fourth-order valence-electron chi connectivity index (χ4n) is 1.85. The van der Waals surface area contributed by atoms with E-state index in [2.05, 4.69) is 15.3 Å². The number of aliphatic hydroxyl groups is 1. The Morgan fingerprint density at radius 2 is 2.17 bits per heavy atom. The van der Waals surface area contributed by atoms with Crippen molar-refractivity contribution >= 4 is 11.6 Å². The topological polar surface area (TPSA) is 61.3 Å². The van der Waals surface area contributed by atoms with E-state index in [0.29, 0.717) is 11.6 Å². The lowest BCUT2D eigenvalue weighted by Gasteiger charge is -2.26. The first kappa shape index (κ1) is 12.9. The Kier molecular flexibility index (Phi) is 3.05. The molecule has 1 saturated heterocycles. The van der Waals surface area contributed by atoms with Gasteiger partial charge < -0.3 is 15.3 Å². The molecule has 1 unspecified atom stereocenters. The molecule has 18 heavy (non-hydrogen) atoms. The number of alkyl halides is 3. The maximum absolute atomic E-state index is 12.7. The van der Waals surface area contributed by atoms with Crippen molar-refractivity contribution < 1.29 is 18.3 Å². The van der Waals surface area contributed by atoms with Crippen molar-refractivity contribution in [3.05, 3.63) is 12.4 Å². The zero-order valence-corrected chi connectivity index (χ0v) is 9.70. The average Bonchev–Trinajstić information content (AvgIpc) is 2.73. The summed E-state index contributed by atoms with van der Waals surface area (Å²) in [5.41, 5.74) is -2.66. The Morgan fingerprint density at radius 3 is 2.72 bits per heavy atom. The molecule has 100 valence electrons. The van der Waals surface area contributed by atoms with Gasteiger partial charge in [-0.3, -0.25) is 4.98 Å². The fraction of sp³-hybridized carbons (Fsp3) is 0.600. The van der Waals surface area contributed by atoms with E-state index in [0.717, 1.165) is 0 Å². The molecule has 0 saturated carbocycles. The first-order valence-electron chi connectivity index (χ1n) is 5.39. The summed E-state index contributed by atoms with van der Waals surface area (Å²) in [7, 11) is 1.64. The molecule has 0 spiro atoms. The SMILES string of the molecule is CNc1cncc(N2CCC(O)(C(F)(F)F)C2)n1. The van der Waals surface area contributed by atoms with E-state index >= 15 is 0 Å². The molecule has 5 nitrogen and oxygen atoms in total. The largest absolute Gasteiger partial charge is 0.418 e. The van der Waals surface area contributed by atoms with Crippen molar-refractivity contribution in [2.45, 2.75) is 18.2 Å². The highest BCUT2D eigenvalue weighted by Gasteiger charge is 2.57. The molecule has 0 aliphatic carbocycles. The predicted molar refractivity (Wildman–Crippen MR) is 59.4 cm³/mol. The fourth-order valence-corrected chi connectivity index (χ4v) is 1.85. The summed E-state index contributed by atoms with van der Waals surface area (Å²) in [4.78, 5) is 9.35. The van der Waals surface area contributed by atoms with Gasteiger partial charge in [-0.1, -0.05) is 0 Å². The zero-order valence-electron chi connectivity index (χ0n) is 9.70. The van der Waals surface area contributed by atoms with Crippen LogP contribution in [0.5, 0.6) is 0 Å². The van der Waals surface area contributed by atoms with Gasteiger partial charge in [-0.05, 0) is 0 Å². The molecule has 2 heterocycles. The molecule has 0 bridgehead atoms. The monoisotopic (exact) mass is 262 g/mol. The maximum atomic E-state index is 12.7. The average molecular weight is 262 g/mol. The van der Waals surface area contributed by atoms with Crippen LogP contribution in [0.3, 0.4) is 0 Å². The molecule has 0 amide bonds. The van der Waals surface area contributed by atoms with Crippen molar-refractivity contribution in [2.24, 2.45) is 0 Å². The standard InChI is InChI=1S/C10H13F3N4O/c1-14-7-4-15-5-8(16-7)17-3-2-9(18,6-17)10(11,12)13/h4-5,18H,2-3,6H2,1H3,(H,14,16). The van der Waals surface area contributed by atoms with E-state index in [4.69, 9.17) is 0 Å². The third-order valence-corrected chi connectivity index (χ3v) is 2.98. The van der Waals surface area contributed by atoms with Crippen LogP contribution in [0.1, 0.15) is 6.42 Å². The van der Waals surface area contributed by atoms with Crippen molar-refractivity contribution in [2.75, 3.05) is 30.4 Å². The molecule has 0 aromatic carbocycles. The Labute approximate surface area is 102 Å². The number of hydrogen-bond acceptors (Lipinski definition) is 5. The second-order valence-corrected chi connectivity index (χ2v) is 4.21. The molecule has 2 N–H and O–H groups in total. The number of rotatable bonds is 2. The van der Waals surface area contributed by atoms with Gasteiger partial charge in [-0.25, -0.2) is 4.98 Å². The Bertz CT molecular complexity index is 439. The lowest BCUT2D eigenvalue weighted by molar-refractivity contribution is -0.250. The van der Waals surface area contributed by atoms with Crippen LogP contribution < -0.4 is 10.2 Å². The smallest absolute Gasteiger partial charge is 0.379 e. The van der Waals surface area contributed by atoms with Crippen LogP contribution in [0.25, 0.3) is 0 Å². The van der Waals surface area contributed by atoms with E-state index in [1.54, 1.807) is 7.05 Å². The number of nitrogens with zero attached hydrogens (tertiary/aromatic N) is 3. The lowest BCUT2D eigenvalue weighted by Crippen LogP contribution is -2.47. The number of aromatic nitrogens is 2. The van der Waals surface area contributed by atoms with Gasteiger partial charge in [0.2, 0.25) is 0 Å². The zero-order chi connectivity index (χ0) is 13.4. The van der Waals surface area contributed by atoms with Gasteiger partial charge >= 0.3 is 6.18 Å². The van der Waals surface area contributed by atoms with Crippen LogP contribution >= 0.6 is 0 Å². The van der Waals surface area contributed by atoms with Crippen molar-refractivity contribution in [3.8, 4) is 0 Å². The maximum Gasteiger partial charge on any atom is 0.418 e. The summed E-state index contributed by atoms with van der Waals surface area (Å²) in [6.07, 6.45) is -2.14. The molecule has 1 aromatic rings. The van der Waals surface area contributed by atoms with Gasteiger partial charge in [0.25, 0.3) is 0 Å². The third kappa shape index (κ3) is 2.20. The molecule has 1 aromatic heterocycles. The van der Waals surface area contributed by atoms with Crippen LogP contribution in [0.15, 0.2) is 12.4 Å². The van der Waals surface area contributed by atoms with E-state index in [1.807, 2.05) is 0 Å². The Morgan fingerprint density at radius 1 is 1.44 bits per heavy atom. The van der Waals surface area contributed by atoms with Gasteiger partial charge in [0.05, 0.1) is 18.9 Å². The highest BCUT2D eigenvalue weighted by molar-refractivity contribution is 5.45. The highest BCUT2D eigenvalue weighted by Crippen LogP contribution is 2.38. The molecule has 1 aliphatic heterocycles. The first-order chi connectivity index (χ1) is 8.36. The molecule has 0 radical (unpaired) electrons. The second kappa shape index (κ2) is 4.27. The highest BCUT2D eigenvalue weighted by atomic mass is 19.4. The normalized spacial score (nSPS) is 24.4. The summed E-state index contributed by atoms with van der Waals surface area (Å²) < 4.78 is 38.0. The molecular weight excluding hydrogens is 249 g/mol. The number of halogens is 3. The molecule has 2 rings (SSSR count). The molecule has 1 fully saturated rings. The van der Waals surface area contributed by atoms with Crippen molar-refractivity contribution in [3.63, 3.8) is 0 Å². The van der Waals surface area contributed by atoms with Crippen molar-refractivity contribution in [1.29, 1.82) is 0 Å². The van der Waals surface area contributed by atoms with E-state index in [9.17, 15) is 18.3 Å². The third-order valence-electron chi connectivity index (χ3n) is 2.98. The number of nitrogens with one attached hydrogen (secondary N) is 1. The first-order valence-corrected chi connectivity index (χ1v) is 5.39. The minimum Gasteiger partial charge on any atom is -0.379 e. The summed E-state index contributed by atoms with van der Waals surface area (Å²) >= 11 is 0. The molecule has 1 atom stereocenters. The van der Waals surface area contributed by atoms with Gasteiger partial charge in [0.15, 0.2) is 5.60 Å². The van der Waals surface area contributed by atoms with Gasteiger partial charge in [-0.15, -0.1) is 0 Å². The van der Waals surface area contributed by atoms with Gasteiger partial charge in [-0.2, -0.15) is 13.2 Å². The van der Waals surface area contributed by atoms with Crippen LogP contribution in [0, 0.1) is 0 Å². The summed E-state index contributed by atoms with van der Waals surface area (Å²) in [5.74, 6) is 0.789. The molecule has 1 aliphatic rings. The number of hydrogen-bond donors (Lipinski definition) is 2.